The molecule has 25 heavy (non-hydrogen) atoms. The molecular formula is C16H24N4O4S. The minimum atomic E-state index is -3.13. The van der Waals surface area contributed by atoms with Crippen molar-refractivity contribution < 1.29 is 18.0 Å². The zero-order valence-electron chi connectivity index (χ0n) is 15.0. The Morgan fingerprint density at radius 3 is 2.40 bits per heavy atom. The maximum Gasteiger partial charge on any atom is 0.244 e. The lowest BCUT2D eigenvalue weighted by atomic mass is 10.1. The van der Waals surface area contributed by atoms with Gasteiger partial charge in [0.05, 0.1) is 28.8 Å². The summed E-state index contributed by atoms with van der Waals surface area (Å²) in [5, 5.41) is 4.31. The van der Waals surface area contributed by atoms with Crippen LogP contribution < -0.4 is 0 Å². The number of hydrogen-bond donors (Lipinski definition) is 0. The van der Waals surface area contributed by atoms with E-state index in [-0.39, 0.29) is 41.8 Å². The molecule has 0 aliphatic carbocycles. The van der Waals surface area contributed by atoms with Crippen LogP contribution in [0, 0.1) is 13.8 Å². The zero-order valence-corrected chi connectivity index (χ0v) is 15.8. The smallest absolute Gasteiger partial charge is 0.244 e. The molecule has 2 aliphatic heterocycles. The lowest BCUT2D eigenvalue weighted by Crippen LogP contribution is -2.59. The van der Waals surface area contributed by atoms with Crippen molar-refractivity contribution in [2.45, 2.75) is 39.4 Å². The highest BCUT2D eigenvalue weighted by Crippen LogP contribution is 2.26. The number of rotatable bonds is 3. The van der Waals surface area contributed by atoms with Crippen LogP contribution in [0.2, 0.25) is 0 Å². The standard InChI is InChI=1S/C16H24N4O4S/c1-10-16(12(3)21)11(2)20(17-10)7-15(22)19-6-5-18(4)13-8-25(23,24)9-14(13)19/h13-14H,5-9H2,1-4H3/t13-,14+/m1/s1. The maximum absolute atomic E-state index is 12.8. The Labute approximate surface area is 147 Å². The number of hydrogen-bond acceptors (Lipinski definition) is 6. The Hall–Kier alpha value is -1.74. The summed E-state index contributed by atoms with van der Waals surface area (Å²) >= 11 is 0. The van der Waals surface area contributed by atoms with E-state index in [0.29, 0.717) is 30.0 Å². The first-order valence-electron chi connectivity index (χ1n) is 8.36. The number of aryl methyl sites for hydroxylation is 1. The van der Waals surface area contributed by atoms with Crippen molar-refractivity contribution in [1.82, 2.24) is 19.6 Å². The molecule has 3 rings (SSSR count). The fourth-order valence-corrected chi connectivity index (χ4v) is 6.07. The SMILES string of the molecule is CC(=O)c1c(C)nn(CC(=O)N2CCN(C)[C@@H]3CS(=O)(=O)C[C@@H]32)c1C. The van der Waals surface area contributed by atoms with Crippen LogP contribution >= 0.6 is 0 Å². The molecule has 3 heterocycles. The van der Waals surface area contributed by atoms with Crippen molar-refractivity contribution in [2.24, 2.45) is 0 Å². The molecule has 8 nitrogen and oxygen atoms in total. The van der Waals surface area contributed by atoms with Crippen molar-refractivity contribution in [2.75, 3.05) is 31.6 Å². The molecule has 0 spiro atoms. The highest BCUT2D eigenvalue weighted by molar-refractivity contribution is 7.91. The molecule has 0 saturated carbocycles. The minimum Gasteiger partial charge on any atom is -0.334 e. The van der Waals surface area contributed by atoms with Gasteiger partial charge >= 0.3 is 0 Å². The third kappa shape index (κ3) is 3.22. The molecule has 1 aromatic rings. The summed E-state index contributed by atoms with van der Waals surface area (Å²) in [7, 11) is -1.22. The van der Waals surface area contributed by atoms with Crippen molar-refractivity contribution >= 4 is 21.5 Å². The van der Waals surface area contributed by atoms with Gasteiger partial charge in [-0.15, -0.1) is 0 Å². The van der Waals surface area contributed by atoms with E-state index < -0.39 is 9.84 Å². The van der Waals surface area contributed by atoms with Gasteiger partial charge in [-0.1, -0.05) is 0 Å². The highest BCUT2D eigenvalue weighted by atomic mass is 32.2. The van der Waals surface area contributed by atoms with E-state index in [1.807, 2.05) is 11.9 Å². The van der Waals surface area contributed by atoms with E-state index in [0.717, 1.165) is 0 Å². The van der Waals surface area contributed by atoms with Crippen molar-refractivity contribution in [3.05, 3.63) is 17.0 Å². The molecule has 0 aromatic carbocycles. The monoisotopic (exact) mass is 368 g/mol. The quantitative estimate of drug-likeness (QED) is 0.677. The zero-order chi connectivity index (χ0) is 18.5. The third-order valence-electron chi connectivity index (χ3n) is 5.29. The second-order valence-electron chi connectivity index (χ2n) is 7.04. The van der Waals surface area contributed by atoms with Crippen LogP contribution in [0.3, 0.4) is 0 Å². The Morgan fingerprint density at radius 1 is 1.16 bits per heavy atom. The topological polar surface area (TPSA) is 92.6 Å². The number of amides is 1. The van der Waals surface area contributed by atoms with Crippen LogP contribution in [0.25, 0.3) is 0 Å². The normalized spacial score (nSPS) is 25.8. The van der Waals surface area contributed by atoms with Crippen molar-refractivity contribution in [3.8, 4) is 0 Å². The Bertz CT molecular complexity index is 829. The lowest BCUT2D eigenvalue weighted by molar-refractivity contribution is -0.137. The summed E-state index contributed by atoms with van der Waals surface area (Å²) in [6.45, 7) is 6.19. The van der Waals surface area contributed by atoms with Gasteiger partial charge in [-0.2, -0.15) is 5.10 Å². The first-order valence-corrected chi connectivity index (χ1v) is 10.2. The van der Waals surface area contributed by atoms with Gasteiger partial charge in [-0.3, -0.25) is 19.2 Å². The predicted octanol–water partition coefficient (Wildman–Crippen LogP) is -0.358. The number of likely N-dealkylation sites (N-methyl/N-ethyl adjacent to an activating group) is 1. The van der Waals surface area contributed by atoms with Gasteiger partial charge in [-0.05, 0) is 27.8 Å². The molecule has 0 N–H and O–H groups in total. The van der Waals surface area contributed by atoms with Crippen molar-refractivity contribution in [3.63, 3.8) is 0 Å². The number of carbonyl (C=O) groups is 2. The summed E-state index contributed by atoms with van der Waals surface area (Å²) < 4.78 is 25.6. The largest absolute Gasteiger partial charge is 0.334 e. The second-order valence-corrected chi connectivity index (χ2v) is 9.19. The minimum absolute atomic E-state index is 0.0174. The van der Waals surface area contributed by atoms with Gasteiger partial charge < -0.3 is 4.90 Å². The van der Waals surface area contributed by atoms with Crippen LogP contribution in [-0.4, -0.2) is 83.4 Å². The number of fused-ring (bicyclic) bond motifs is 1. The molecule has 2 fully saturated rings. The molecule has 0 unspecified atom stereocenters. The van der Waals surface area contributed by atoms with E-state index in [1.54, 1.807) is 23.4 Å². The molecule has 0 radical (unpaired) electrons. The molecule has 2 aliphatic rings. The van der Waals surface area contributed by atoms with Crippen LogP contribution in [0.5, 0.6) is 0 Å². The average Bonchev–Trinajstić information content (AvgIpc) is 2.95. The summed E-state index contributed by atoms with van der Waals surface area (Å²) in [5.41, 5.74) is 1.83. The van der Waals surface area contributed by atoms with E-state index in [2.05, 4.69) is 5.10 Å². The lowest BCUT2D eigenvalue weighted by Gasteiger charge is -2.42. The Kier molecular flexibility index (Phi) is 4.48. The summed E-state index contributed by atoms with van der Waals surface area (Å²) in [6, 6.07) is -0.448. The van der Waals surface area contributed by atoms with E-state index in [9.17, 15) is 18.0 Å². The Balaban J connectivity index is 1.82. The van der Waals surface area contributed by atoms with Gasteiger partial charge in [0.2, 0.25) is 5.91 Å². The molecule has 0 bridgehead atoms. The summed E-state index contributed by atoms with van der Waals surface area (Å²) in [5.74, 6) is -0.105. The van der Waals surface area contributed by atoms with Crippen LogP contribution in [0.1, 0.15) is 28.7 Å². The van der Waals surface area contributed by atoms with E-state index >= 15 is 0 Å². The van der Waals surface area contributed by atoms with Crippen molar-refractivity contribution in [1.29, 1.82) is 0 Å². The maximum atomic E-state index is 12.8. The first kappa shape index (κ1) is 18.1. The number of Topliss-reactive ketones (excluding diaryl/α,β-unsaturated/α-hetero) is 1. The first-order chi connectivity index (χ1) is 11.6. The highest BCUT2D eigenvalue weighted by Gasteiger charge is 2.46. The van der Waals surface area contributed by atoms with E-state index in [4.69, 9.17) is 0 Å². The molecule has 2 saturated heterocycles. The molecule has 138 valence electrons. The average molecular weight is 368 g/mol. The molecule has 2 atom stereocenters. The second kappa shape index (κ2) is 6.21. The number of ketones is 1. The van der Waals surface area contributed by atoms with Crippen LogP contribution in [0.15, 0.2) is 0 Å². The fourth-order valence-electron chi connectivity index (χ4n) is 4.02. The Morgan fingerprint density at radius 2 is 1.80 bits per heavy atom. The van der Waals surface area contributed by atoms with Gasteiger partial charge in [0.15, 0.2) is 15.6 Å². The predicted molar refractivity (Wildman–Crippen MR) is 92.3 cm³/mol. The number of piperazine rings is 1. The molecule has 1 amide bonds. The summed E-state index contributed by atoms with van der Waals surface area (Å²) in [4.78, 5) is 28.3. The van der Waals surface area contributed by atoms with Gasteiger partial charge in [0, 0.05) is 24.8 Å². The van der Waals surface area contributed by atoms with Gasteiger partial charge in [0.25, 0.3) is 0 Å². The number of nitrogens with zero attached hydrogens (tertiary/aromatic N) is 4. The van der Waals surface area contributed by atoms with Gasteiger partial charge in [0.1, 0.15) is 6.54 Å². The molecular weight excluding hydrogens is 344 g/mol. The molecule has 9 heteroatoms. The van der Waals surface area contributed by atoms with Crippen LogP contribution in [-0.2, 0) is 21.2 Å². The number of sulfone groups is 1. The summed E-state index contributed by atoms with van der Waals surface area (Å²) in [6.07, 6.45) is 0. The fraction of sp³-hybridized carbons (Fsp3) is 0.688. The molecule has 1 aromatic heterocycles. The number of aromatic nitrogens is 2. The number of carbonyl (C=O) groups excluding carboxylic acids is 2. The van der Waals surface area contributed by atoms with E-state index in [1.165, 1.54) is 6.92 Å². The third-order valence-corrected chi connectivity index (χ3v) is 6.99. The van der Waals surface area contributed by atoms with Crippen LogP contribution in [0.4, 0.5) is 0 Å². The van der Waals surface area contributed by atoms with Gasteiger partial charge in [-0.25, -0.2) is 8.42 Å².